The largest absolute Gasteiger partial charge is 0.497 e. The zero-order chi connectivity index (χ0) is 40.7. The first-order chi connectivity index (χ1) is 27.0. The molecule has 7 rings (SSSR count). The van der Waals surface area contributed by atoms with E-state index in [1.165, 1.54) is 17.4 Å². The number of pyridine rings is 1. The number of oxazole rings is 1. The Balaban J connectivity index is 1.24. The second kappa shape index (κ2) is 15.6. The molecule has 0 unspecified atom stereocenters. The third-order valence-electron chi connectivity index (χ3n) is 10.5. The van der Waals surface area contributed by atoms with Crippen LogP contribution >= 0.6 is 0 Å². The van der Waals surface area contributed by atoms with E-state index in [4.69, 9.17) is 23.6 Å². The number of nitrogens with zero attached hydrogens (tertiary/aromatic N) is 4. The zero-order valence-corrected chi connectivity index (χ0v) is 33.5. The van der Waals surface area contributed by atoms with Crippen LogP contribution in [0.1, 0.15) is 59.3 Å². The monoisotopic (exact) mass is 807 g/mol. The number of alkyl carbamates (subject to hydrolysis) is 1. The van der Waals surface area contributed by atoms with Gasteiger partial charge in [0.1, 0.15) is 47.0 Å². The van der Waals surface area contributed by atoms with Crippen molar-refractivity contribution in [2.75, 3.05) is 33.8 Å². The molecule has 1 aromatic carbocycles. The van der Waals surface area contributed by atoms with Crippen molar-refractivity contribution in [3.63, 3.8) is 0 Å². The molecule has 4 amide bonds. The highest BCUT2D eigenvalue weighted by Crippen LogP contribution is 2.46. The summed E-state index contributed by atoms with van der Waals surface area (Å²) in [7, 11) is -0.534. The summed E-state index contributed by atoms with van der Waals surface area (Å²) in [6.45, 7) is 5.73. The molecule has 2 aromatic heterocycles. The number of carbonyl (C=O) groups excluding carboxylic acids is 4. The van der Waals surface area contributed by atoms with Crippen LogP contribution in [0.2, 0.25) is 0 Å². The Morgan fingerprint density at radius 3 is 2.61 bits per heavy atom. The van der Waals surface area contributed by atoms with Crippen LogP contribution in [0.3, 0.4) is 0 Å². The van der Waals surface area contributed by atoms with E-state index in [9.17, 15) is 27.6 Å². The number of ether oxygens (including phenoxy) is 3. The van der Waals surface area contributed by atoms with Crippen molar-refractivity contribution in [1.29, 1.82) is 0 Å². The number of nitrogens with one attached hydrogen (secondary N) is 3. The van der Waals surface area contributed by atoms with Crippen LogP contribution < -0.4 is 24.8 Å². The molecule has 2 saturated carbocycles. The lowest BCUT2D eigenvalue weighted by Gasteiger charge is -2.32. The van der Waals surface area contributed by atoms with Gasteiger partial charge in [-0.1, -0.05) is 12.2 Å². The maximum absolute atomic E-state index is 14.7. The number of benzene rings is 1. The minimum absolute atomic E-state index is 0.0201. The van der Waals surface area contributed by atoms with Crippen molar-refractivity contribution >= 4 is 44.6 Å². The predicted octanol–water partition coefficient (Wildman–Crippen LogP) is 2.91. The SMILES string of the molecule is COc1ccc2c(O[C@@H]3C[C@H]4C(=O)N[C@]5(C(=O)NS(=O)(=O)C6CC6)C[C@H]5/C=C\CCCN(C)C[C@H](NC(=O)OC(C)(C)C)C(=O)N4C3)nc(-c3ncco3)cc2c1. The predicted molar refractivity (Wildman–Crippen MR) is 206 cm³/mol. The van der Waals surface area contributed by atoms with Gasteiger partial charge in [0.2, 0.25) is 33.6 Å². The molecule has 306 valence electrons. The van der Waals surface area contributed by atoms with Crippen molar-refractivity contribution < 1.29 is 46.2 Å². The number of hydrogen-bond donors (Lipinski definition) is 3. The first kappa shape index (κ1) is 40.0. The Morgan fingerprint density at radius 1 is 1.12 bits per heavy atom. The second-order valence-electron chi connectivity index (χ2n) is 16.2. The number of fused-ring (bicyclic) bond motifs is 3. The molecule has 3 aromatic rings. The van der Waals surface area contributed by atoms with Crippen molar-refractivity contribution in [3.05, 3.63) is 48.9 Å². The highest BCUT2D eigenvalue weighted by molar-refractivity contribution is 7.91. The van der Waals surface area contributed by atoms with Crippen LogP contribution in [0.5, 0.6) is 11.6 Å². The van der Waals surface area contributed by atoms with Crippen LogP contribution in [0.4, 0.5) is 4.79 Å². The quantitative estimate of drug-likeness (QED) is 0.280. The fourth-order valence-corrected chi connectivity index (χ4v) is 8.72. The molecule has 2 aliphatic heterocycles. The van der Waals surface area contributed by atoms with Gasteiger partial charge in [0.15, 0.2) is 0 Å². The smallest absolute Gasteiger partial charge is 0.408 e. The molecular formula is C39H49N7O10S. The molecule has 0 bridgehead atoms. The third-order valence-corrected chi connectivity index (χ3v) is 12.3. The van der Waals surface area contributed by atoms with Gasteiger partial charge in [0, 0.05) is 24.3 Å². The normalized spacial score (nSPS) is 26.6. The maximum Gasteiger partial charge on any atom is 0.408 e. The van der Waals surface area contributed by atoms with Crippen LogP contribution in [0.25, 0.3) is 22.4 Å². The molecule has 5 atom stereocenters. The standard InChI is InChI=1S/C39H49N7O10S/c1-38(2,3)56-37(50)42-30-22-45(4)15-8-6-7-9-24-20-39(24,36(49)44-57(51,52)27-11-12-27)43-32(47)31-19-26(21-46(31)35(30)48)55-33-28-13-10-25(53-5)17-23(28)18-29(41-33)34-40-14-16-54-34/h7,9-10,13-14,16-18,24,26-27,30-31H,6,8,11-12,15,19-22H2,1-5H3,(H,42,50)(H,43,47)(H,44,49)/b9-7-/t24-,26-,30+,31+,39-/m1/s1. The number of aromatic nitrogens is 2. The topological polar surface area (TPSA) is 212 Å². The summed E-state index contributed by atoms with van der Waals surface area (Å²) in [5.74, 6) is -1.48. The van der Waals surface area contributed by atoms with Crippen molar-refractivity contribution in [3.8, 4) is 23.2 Å². The molecule has 1 saturated heterocycles. The van der Waals surface area contributed by atoms with Crippen LogP contribution in [-0.4, -0.2) is 120 Å². The lowest BCUT2D eigenvalue weighted by atomic mass is 10.1. The zero-order valence-electron chi connectivity index (χ0n) is 32.6. The molecule has 17 nitrogen and oxygen atoms in total. The molecule has 2 aliphatic carbocycles. The Bertz CT molecular complexity index is 2170. The summed E-state index contributed by atoms with van der Waals surface area (Å²) in [4.78, 5) is 68.4. The van der Waals surface area contributed by atoms with Gasteiger partial charge in [-0.05, 0) is 96.1 Å². The summed E-state index contributed by atoms with van der Waals surface area (Å²) in [5.41, 5.74) is -2.01. The number of sulfonamides is 1. The van der Waals surface area contributed by atoms with E-state index in [1.54, 1.807) is 46.1 Å². The van der Waals surface area contributed by atoms with E-state index in [1.807, 2.05) is 30.2 Å². The fraction of sp³-hybridized carbons (Fsp3) is 0.538. The van der Waals surface area contributed by atoms with E-state index in [2.05, 4.69) is 20.3 Å². The number of allylic oxidation sites excluding steroid dienone is 1. The lowest BCUT2D eigenvalue weighted by molar-refractivity contribution is -0.141. The number of rotatable bonds is 8. The van der Waals surface area contributed by atoms with Gasteiger partial charge in [-0.15, -0.1) is 0 Å². The van der Waals surface area contributed by atoms with Crippen LogP contribution in [-0.2, 0) is 29.1 Å². The minimum atomic E-state index is -3.92. The second-order valence-corrected chi connectivity index (χ2v) is 18.2. The van der Waals surface area contributed by atoms with E-state index in [-0.39, 0.29) is 37.7 Å². The van der Waals surface area contributed by atoms with Gasteiger partial charge in [-0.2, -0.15) is 0 Å². The number of likely N-dealkylation sites (N-methyl/N-ethyl adjacent to an activating group) is 1. The highest BCUT2D eigenvalue weighted by atomic mass is 32.2. The van der Waals surface area contributed by atoms with Crippen molar-refractivity contribution in [2.24, 2.45) is 5.92 Å². The molecular weight excluding hydrogens is 759 g/mol. The van der Waals surface area contributed by atoms with Crippen molar-refractivity contribution in [2.45, 2.75) is 93.9 Å². The van der Waals surface area contributed by atoms with E-state index in [0.29, 0.717) is 54.4 Å². The summed E-state index contributed by atoms with van der Waals surface area (Å²) in [6, 6.07) is 4.83. The number of methoxy groups -OCH3 is 1. The minimum Gasteiger partial charge on any atom is -0.497 e. The molecule has 0 spiro atoms. The Morgan fingerprint density at radius 2 is 1.91 bits per heavy atom. The Labute approximate surface area is 330 Å². The van der Waals surface area contributed by atoms with Gasteiger partial charge in [-0.25, -0.2) is 23.2 Å². The number of hydrogen-bond acceptors (Lipinski definition) is 13. The van der Waals surface area contributed by atoms with Gasteiger partial charge < -0.3 is 39.1 Å². The first-order valence-corrected chi connectivity index (χ1v) is 20.7. The maximum atomic E-state index is 14.7. The summed E-state index contributed by atoms with van der Waals surface area (Å²) < 4.78 is 51.1. The summed E-state index contributed by atoms with van der Waals surface area (Å²) >= 11 is 0. The van der Waals surface area contributed by atoms with E-state index >= 15 is 0 Å². The molecule has 3 N–H and O–H groups in total. The Hall–Kier alpha value is -5.23. The summed E-state index contributed by atoms with van der Waals surface area (Å²) in [5, 5.41) is 6.28. The molecule has 57 heavy (non-hydrogen) atoms. The van der Waals surface area contributed by atoms with Crippen LogP contribution in [0.15, 0.2) is 53.3 Å². The molecule has 0 radical (unpaired) electrons. The fourth-order valence-electron chi connectivity index (χ4n) is 7.36. The molecule has 18 heteroatoms. The lowest BCUT2D eigenvalue weighted by Crippen LogP contribution is -2.59. The first-order valence-electron chi connectivity index (χ1n) is 19.1. The summed E-state index contributed by atoms with van der Waals surface area (Å²) in [6.07, 6.45) is 7.47. The van der Waals surface area contributed by atoms with Gasteiger partial charge >= 0.3 is 6.09 Å². The Kier molecular flexibility index (Phi) is 10.9. The average Bonchev–Trinajstić information content (AvgIpc) is 4.01. The van der Waals surface area contributed by atoms with E-state index in [0.717, 1.165) is 0 Å². The number of carbonyl (C=O) groups is 4. The van der Waals surface area contributed by atoms with Crippen molar-refractivity contribution in [1.82, 2.24) is 35.1 Å². The van der Waals surface area contributed by atoms with Gasteiger partial charge in [-0.3, -0.25) is 19.1 Å². The highest BCUT2D eigenvalue weighted by Gasteiger charge is 2.62. The molecule has 4 heterocycles. The van der Waals surface area contributed by atoms with E-state index < -0.39 is 74.3 Å². The number of amides is 4. The molecule has 3 fully saturated rings. The average molecular weight is 808 g/mol. The third kappa shape index (κ3) is 9.01. The van der Waals surface area contributed by atoms with Gasteiger partial charge in [0.05, 0.1) is 25.1 Å². The van der Waals surface area contributed by atoms with Gasteiger partial charge in [0.25, 0.3) is 5.91 Å². The molecule has 4 aliphatic rings. The van der Waals surface area contributed by atoms with Crippen LogP contribution in [0, 0.1) is 5.92 Å².